The number of carbonyl (C=O) groups excluding carboxylic acids is 1. The van der Waals surface area contributed by atoms with E-state index in [2.05, 4.69) is 0 Å². The lowest BCUT2D eigenvalue weighted by molar-refractivity contribution is -0.132. The van der Waals surface area contributed by atoms with Gasteiger partial charge in [0, 0.05) is 24.7 Å². The highest BCUT2D eigenvalue weighted by Gasteiger charge is 2.13. The molecule has 112 valence electrons. The molecule has 0 spiro atoms. The molecule has 0 saturated heterocycles. The molecule has 0 unspecified atom stereocenters. The van der Waals surface area contributed by atoms with Crippen molar-refractivity contribution in [2.24, 2.45) is 0 Å². The van der Waals surface area contributed by atoms with Crippen molar-refractivity contribution in [3.05, 3.63) is 29.3 Å². The molecule has 0 aliphatic carbocycles. The number of likely N-dealkylation sites (N-methyl/N-ethyl adjacent to an activating group) is 2. The molecule has 4 nitrogen and oxygen atoms in total. The van der Waals surface area contributed by atoms with E-state index >= 15 is 0 Å². The van der Waals surface area contributed by atoms with Gasteiger partial charge in [0.15, 0.2) is 0 Å². The van der Waals surface area contributed by atoms with Crippen molar-refractivity contribution < 1.29 is 9.53 Å². The molecule has 0 aliphatic heterocycles. The van der Waals surface area contributed by atoms with Gasteiger partial charge < -0.3 is 9.64 Å². The Morgan fingerprint density at radius 3 is 2.40 bits per heavy atom. The van der Waals surface area contributed by atoms with Crippen LogP contribution >= 0.6 is 11.6 Å². The van der Waals surface area contributed by atoms with Gasteiger partial charge in [0.1, 0.15) is 12.4 Å². The summed E-state index contributed by atoms with van der Waals surface area (Å²) in [5.41, 5.74) is 0. The minimum atomic E-state index is 0.119. The molecule has 0 aliphatic rings. The van der Waals surface area contributed by atoms with Crippen LogP contribution in [-0.4, -0.2) is 55.5 Å². The van der Waals surface area contributed by atoms with Gasteiger partial charge in [0.25, 0.3) is 0 Å². The zero-order chi connectivity index (χ0) is 15.1. The summed E-state index contributed by atoms with van der Waals surface area (Å²) in [6.45, 7) is 5.64. The highest BCUT2D eigenvalue weighted by atomic mass is 35.5. The third-order valence-electron chi connectivity index (χ3n) is 3.13. The Hall–Kier alpha value is -1.26. The summed E-state index contributed by atoms with van der Waals surface area (Å²) >= 11 is 5.80. The lowest BCUT2D eigenvalue weighted by atomic mass is 10.3. The number of carbonyl (C=O) groups is 1. The predicted octanol–water partition coefficient (Wildman–Crippen LogP) is 2.52. The molecule has 1 rings (SSSR count). The number of hydrogen-bond acceptors (Lipinski definition) is 3. The molecular formula is C15H23ClN2O2. The van der Waals surface area contributed by atoms with E-state index in [4.69, 9.17) is 16.3 Å². The molecule has 0 atom stereocenters. The van der Waals surface area contributed by atoms with Crippen LogP contribution in [0.2, 0.25) is 5.02 Å². The maximum absolute atomic E-state index is 11.9. The van der Waals surface area contributed by atoms with E-state index in [0.29, 0.717) is 24.7 Å². The molecule has 0 saturated carbocycles. The topological polar surface area (TPSA) is 32.8 Å². The molecule has 1 aromatic carbocycles. The summed E-state index contributed by atoms with van der Waals surface area (Å²) in [6, 6.07) is 7.48. The summed E-state index contributed by atoms with van der Waals surface area (Å²) in [5.74, 6) is 0.905. The lowest BCUT2D eigenvalue weighted by Crippen LogP contribution is -2.41. The van der Waals surface area contributed by atoms with Gasteiger partial charge in [-0.2, -0.15) is 0 Å². The largest absolute Gasteiger partial charge is 0.492 e. The molecule has 0 bridgehead atoms. The first-order chi connectivity index (χ1) is 9.40. The van der Waals surface area contributed by atoms with E-state index < -0.39 is 0 Å². The highest BCUT2D eigenvalue weighted by molar-refractivity contribution is 6.30. The molecule has 5 heteroatoms. The summed E-state index contributed by atoms with van der Waals surface area (Å²) in [5, 5.41) is 0.691. The van der Waals surface area contributed by atoms with E-state index in [0.717, 1.165) is 5.75 Å². The first kappa shape index (κ1) is 16.8. The number of amides is 1. The van der Waals surface area contributed by atoms with Crippen LogP contribution in [-0.2, 0) is 4.79 Å². The second kappa shape index (κ2) is 8.12. The van der Waals surface area contributed by atoms with Gasteiger partial charge in [-0.25, -0.2) is 0 Å². The van der Waals surface area contributed by atoms with Gasteiger partial charge in [-0.05, 0) is 45.2 Å². The summed E-state index contributed by atoms with van der Waals surface area (Å²) < 4.78 is 5.60. The van der Waals surface area contributed by atoms with Crippen LogP contribution in [0.15, 0.2) is 24.3 Å². The van der Waals surface area contributed by atoms with Crippen LogP contribution in [0.25, 0.3) is 0 Å². The van der Waals surface area contributed by atoms with Crippen LogP contribution in [0.3, 0.4) is 0 Å². The summed E-state index contributed by atoms with van der Waals surface area (Å²) in [6.07, 6.45) is 0. The molecule has 0 fully saturated rings. The zero-order valence-electron chi connectivity index (χ0n) is 12.6. The second-order valence-corrected chi connectivity index (χ2v) is 5.57. The summed E-state index contributed by atoms with van der Waals surface area (Å²) in [4.78, 5) is 15.6. The van der Waals surface area contributed by atoms with E-state index in [1.54, 1.807) is 17.0 Å². The minimum absolute atomic E-state index is 0.119. The smallest absolute Gasteiger partial charge is 0.236 e. The van der Waals surface area contributed by atoms with Crippen LogP contribution in [0, 0.1) is 0 Å². The van der Waals surface area contributed by atoms with Crippen molar-refractivity contribution in [1.82, 2.24) is 9.80 Å². The molecule has 0 heterocycles. The quantitative estimate of drug-likeness (QED) is 0.775. The monoisotopic (exact) mass is 298 g/mol. The van der Waals surface area contributed by atoms with E-state index in [-0.39, 0.29) is 11.9 Å². The molecular weight excluding hydrogens is 276 g/mol. The number of rotatable bonds is 7. The highest BCUT2D eigenvalue weighted by Crippen LogP contribution is 2.15. The Bertz CT molecular complexity index is 420. The average Bonchev–Trinajstić information content (AvgIpc) is 2.39. The van der Waals surface area contributed by atoms with Gasteiger partial charge in [-0.1, -0.05) is 11.6 Å². The second-order valence-electron chi connectivity index (χ2n) is 5.14. The normalized spacial score (nSPS) is 10.9. The van der Waals surface area contributed by atoms with Gasteiger partial charge in [-0.15, -0.1) is 0 Å². The Morgan fingerprint density at radius 1 is 1.25 bits per heavy atom. The number of benzene rings is 1. The fourth-order valence-electron chi connectivity index (χ4n) is 1.56. The predicted molar refractivity (Wildman–Crippen MR) is 82.4 cm³/mol. The lowest BCUT2D eigenvalue weighted by Gasteiger charge is -2.24. The Kier molecular flexibility index (Phi) is 6.82. The zero-order valence-corrected chi connectivity index (χ0v) is 13.4. The van der Waals surface area contributed by atoms with E-state index in [1.807, 2.05) is 45.0 Å². The van der Waals surface area contributed by atoms with Crippen molar-refractivity contribution >= 4 is 17.5 Å². The first-order valence-electron chi connectivity index (χ1n) is 6.72. The molecule has 0 aromatic heterocycles. The standard InChI is InChI=1S/C15H23ClN2O2/c1-12(2)18(4)15(19)11-17(3)9-10-20-14-7-5-13(16)6-8-14/h5-8,12H,9-11H2,1-4H3. The minimum Gasteiger partial charge on any atom is -0.492 e. The van der Waals surface area contributed by atoms with Crippen molar-refractivity contribution in [1.29, 1.82) is 0 Å². The maximum atomic E-state index is 11.9. The van der Waals surface area contributed by atoms with Gasteiger partial charge in [-0.3, -0.25) is 9.69 Å². The number of hydrogen-bond donors (Lipinski definition) is 0. The Labute approximate surface area is 126 Å². The van der Waals surface area contributed by atoms with Crippen molar-refractivity contribution in [2.75, 3.05) is 33.8 Å². The molecule has 1 aromatic rings. The third-order valence-corrected chi connectivity index (χ3v) is 3.38. The number of halogens is 1. The molecule has 1 amide bonds. The first-order valence-corrected chi connectivity index (χ1v) is 7.10. The Balaban J connectivity index is 2.28. The third kappa shape index (κ3) is 5.80. The van der Waals surface area contributed by atoms with Gasteiger partial charge in [0.05, 0.1) is 6.54 Å². The van der Waals surface area contributed by atoms with Crippen LogP contribution in [0.1, 0.15) is 13.8 Å². The number of nitrogens with zero attached hydrogens (tertiary/aromatic N) is 2. The van der Waals surface area contributed by atoms with Gasteiger partial charge in [0.2, 0.25) is 5.91 Å². The summed E-state index contributed by atoms with van der Waals surface area (Å²) in [7, 11) is 3.74. The fourth-order valence-corrected chi connectivity index (χ4v) is 1.69. The van der Waals surface area contributed by atoms with Crippen molar-refractivity contribution in [3.63, 3.8) is 0 Å². The van der Waals surface area contributed by atoms with Crippen molar-refractivity contribution in [3.8, 4) is 5.75 Å². The average molecular weight is 299 g/mol. The van der Waals surface area contributed by atoms with Crippen molar-refractivity contribution in [2.45, 2.75) is 19.9 Å². The van der Waals surface area contributed by atoms with E-state index in [9.17, 15) is 4.79 Å². The van der Waals surface area contributed by atoms with Crippen LogP contribution < -0.4 is 4.74 Å². The van der Waals surface area contributed by atoms with Gasteiger partial charge >= 0.3 is 0 Å². The molecule has 0 N–H and O–H groups in total. The van der Waals surface area contributed by atoms with Crippen LogP contribution in [0.4, 0.5) is 0 Å². The number of ether oxygens (including phenoxy) is 1. The molecule has 20 heavy (non-hydrogen) atoms. The van der Waals surface area contributed by atoms with Crippen LogP contribution in [0.5, 0.6) is 5.75 Å². The Morgan fingerprint density at radius 2 is 1.85 bits per heavy atom. The SMILES string of the molecule is CC(C)N(C)C(=O)CN(C)CCOc1ccc(Cl)cc1. The van der Waals surface area contributed by atoms with E-state index in [1.165, 1.54) is 0 Å². The molecule has 0 radical (unpaired) electrons. The maximum Gasteiger partial charge on any atom is 0.236 e. The fraction of sp³-hybridized carbons (Fsp3) is 0.533.